The van der Waals surface area contributed by atoms with Crippen LogP contribution in [0.25, 0.3) is 5.76 Å². The van der Waals surface area contributed by atoms with Gasteiger partial charge in [0.1, 0.15) is 11.5 Å². The summed E-state index contributed by atoms with van der Waals surface area (Å²) in [4.78, 5) is 30.5. The van der Waals surface area contributed by atoms with Crippen LogP contribution in [0.2, 0.25) is 0 Å². The summed E-state index contributed by atoms with van der Waals surface area (Å²) in [6.07, 6.45) is 1.65. The van der Waals surface area contributed by atoms with E-state index in [1.165, 1.54) is 0 Å². The fraction of sp³-hybridized carbons (Fsp3) is 0.484. The molecule has 2 aromatic carbocycles. The van der Waals surface area contributed by atoms with Crippen molar-refractivity contribution < 1.29 is 24.2 Å². The van der Waals surface area contributed by atoms with Crippen LogP contribution >= 0.6 is 0 Å². The Bertz CT molecular complexity index is 1180. The van der Waals surface area contributed by atoms with Crippen molar-refractivity contribution in [2.75, 3.05) is 37.7 Å². The molecule has 0 aliphatic carbocycles. The number of rotatable bonds is 10. The van der Waals surface area contributed by atoms with Gasteiger partial charge in [0.15, 0.2) is 0 Å². The van der Waals surface area contributed by atoms with Gasteiger partial charge in [0, 0.05) is 37.5 Å². The van der Waals surface area contributed by atoms with Gasteiger partial charge in [0.2, 0.25) is 0 Å². The minimum Gasteiger partial charge on any atom is -0.507 e. The van der Waals surface area contributed by atoms with Crippen LogP contribution in [0.3, 0.4) is 0 Å². The molecule has 4 rings (SSSR count). The molecular formula is C31H40N2O5. The lowest BCUT2D eigenvalue weighted by Gasteiger charge is -2.28. The standard InChI is InChI=1S/C31H40N2O5/c1-6-32(7-2)24-13-10-22(11-14-24)28-27(30(35)31(36)33(28)18-25-9-8-16-37-25)29(34)23-12-15-26(21(5)17-23)38-19-20(3)4/h10-15,17,20,25,28,34H,6-9,16,18-19H2,1-5H3/b29-27-. The summed E-state index contributed by atoms with van der Waals surface area (Å²) < 4.78 is 11.7. The minimum atomic E-state index is -0.692. The van der Waals surface area contributed by atoms with Crippen LogP contribution in [-0.4, -0.2) is 60.6 Å². The Labute approximate surface area is 226 Å². The van der Waals surface area contributed by atoms with E-state index in [0.29, 0.717) is 31.2 Å². The number of aliphatic hydroxyl groups excluding tert-OH is 1. The van der Waals surface area contributed by atoms with Gasteiger partial charge in [-0.2, -0.15) is 0 Å². The number of amides is 1. The van der Waals surface area contributed by atoms with Crippen LogP contribution in [0.5, 0.6) is 5.75 Å². The maximum atomic E-state index is 13.4. The van der Waals surface area contributed by atoms with Gasteiger partial charge >= 0.3 is 0 Å². The highest BCUT2D eigenvalue weighted by Gasteiger charge is 2.47. The largest absolute Gasteiger partial charge is 0.507 e. The molecule has 38 heavy (non-hydrogen) atoms. The molecule has 0 aromatic heterocycles. The number of ketones is 1. The van der Waals surface area contributed by atoms with Crippen LogP contribution in [0.15, 0.2) is 48.0 Å². The van der Waals surface area contributed by atoms with Gasteiger partial charge in [0.25, 0.3) is 11.7 Å². The summed E-state index contributed by atoms with van der Waals surface area (Å²) in [7, 11) is 0. The molecule has 1 amide bonds. The molecule has 0 radical (unpaired) electrons. The van der Waals surface area contributed by atoms with E-state index >= 15 is 0 Å². The number of carbonyl (C=O) groups is 2. The molecule has 2 aliphatic rings. The van der Waals surface area contributed by atoms with Crippen molar-refractivity contribution in [2.45, 2.75) is 59.6 Å². The first-order valence-electron chi connectivity index (χ1n) is 13.7. The first kappa shape index (κ1) is 27.7. The first-order valence-corrected chi connectivity index (χ1v) is 13.7. The zero-order chi connectivity index (χ0) is 27.4. The molecule has 1 N–H and O–H groups in total. The van der Waals surface area contributed by atoms with Crippen LogP contribution in [0.1, 0.15) is 63.3 Å². The molecule has 2 aromatic rings. The van der Waals surface area contributed by atoms with Crippen LogP contribution in [-0.2, 0) is 14.3 Å². The van der Waals surface area contributed by atoms with Crippen molar-refractivity contribution >= 4 is 23.1 Å². The van der Waals surface area contributed by atoms with Crippen molar-refractivity contribution in [1.82, 2.24) is 4.90 Å². The molecule has 0 bridgehead atoms. The van der Waals surface area contributed by atoms with Gasteiger partial charge in [-0.3, -0.25) is 9.59 Å². The maximum absolute atomic E-state index is 13.4. The highest BCUT2D eigenvalue weighted by Crippen LogP contribution is 2.41. The van der Waals surface area contributed by atoms with Gasteiger partial charge in [-0.15, -0.1) is 0 Å². The molecule has 7 heteroatoms. The second-order valence-corrected chi connectivity index (χ2v) is 10.5. The quantitative estimate of drug-likeness (QED) is 0.254. The summed E-state index contributed by atoms with van der Waals surface area (Å²) in [5, 5.41) is 11.5. The number of likely N-dealkylation sites (tertiary alicyclic amines) is 1. The second kappa shape index (κ2) is 12.0. The third-order valence-electron chi connectivity index (χ3n) is 7.32. The Morgan fingerprint density at radius 2 is 1.84 bits per heavy atom. The number of aliphatic hydroxyl groups is 1. The Kier molecular flexibility index (Phi) is 8.77. The van der Waals surface area contributed by atoms with Gasteiger partial charge in [-0.1, -0.05) is 26.0 Å². The van der Waals surface area contributed by atoms with Crippen molar-refractivity contribution in [3.8, 4) is 5.75 Å². The molecular weight excluding hydrogens is 480 g/mol. The van der Waals surface area contributed by atoms with Gasteiger partial charge < -0.3 is 24.4 Å². The molecule has 2 atom stereocenters. The third kappa shape index (κ3) is 5.73. The normalized spacial score (nSPS) is 20.9. The highest BCUT2D eigenvalue weighted by molar-refractivity contribution is 6.46. The fourth-order valence-corrected chi connectivity index (χ4v) is 5.25. The van der Waals surface area contributed by atoms with Crippen molar-refractivity contribution in [2.24, 2.45) is 5.92 Å². The number of carbonyl (C=O) groups excluding carboxylic acids is 2. The first-order chi connectivity index (χ1) is 18.2. The monoisotopic (exact) mass is 520 g/mol. The number of anilines is 1. The molecule has 7 nitrogen and oxygen atoms in total. The number of aryl methyl sites for hydroxylation is 1. The van der Waals surface area contributed by atoms with E-state index in [1.807, 2.05) is 37.3 Å². The van der Waals surface area contributed by atoms with Crippen molar-refractivity contribution in [3.05, 3.63) is 64.7 Å². The van der Waals surface area contributed by atoms with E-state index in [0.717, 1.165) is 48.5 Å². The molecule has 0 spiro atoms. The average molecular weight is 521 g/mol. The number of hydrogen-bond acceptors (Lipinski definition) is 6. The van der Waals surface area contributed by atoms with Crippen LogP contribution in [0.4, 0.5) is 5.69 Å². The van der Waals surface area contributed by atoms with Crippen LogP contribution in [0, 0.1) is 12.8 Å². The minimum absolute atomic E-state index is 0.110. The molecule has 2 aliphatic heterocycles. The average Bonchev–Trinajstić information content (AvgIpc) is 3.51. The summed E-state index contributed by atoms with van der Waals surface area (Å²) >= 11 is 0. The Hall–Kier alpha value is -3.32. The smallest absolute Gasteiger partial charge is 0.295 e. The number of ether oxygens (including phenoxy) is 2. The maximum Gasteiger partial charge on any atom is 0.295 e. The lowest BCUT2D eigenvalue weighted by atomic mass is 9.94. The predicted molar refractivity (Wildman–Crippen MR) is 149 cm³/mol. The van der Waals surface area contributed by atoms with Gasteiger partial charge in [-0.25, -0.2) is 0 Å². The molecule has 0 saturated carbocycles. The fourth-order valence-electron chi connectivity index (χ4n) is 5.25. The van der Waals surface area contributed by atoms with E-state index in [1.54, 1.807) is 17.0 Å². The molecule has 2 heterocycles. The summed E-state index contributed by atoms with van der Waals surface area (Å²) in [6, 6.07) is 12.6. The summed E-state index contributed by atoms with van der Waals surface area (Å²) in [5.74, 6) is -0.327. The second-order valence-electron chi connectivity index (χ2n) is 10.5. The number of benzene rings is 2. The van der Waals surface area contributed by atoms with Gasteiger partial charge in [0.05, 0.1) is 24.3 Å². The number of Topliss-reactive ketones (excluding diaryl/α,β-unsaturated/α-hetero) is 1. The Balaban J connectivity index is 1.75. The van der Waals surface area contributed by atoms with Crippen molar-refractivity contribution in [3.63, 3.8) is 0 Å². The van der Waals surface area contributed by atoms with E-state index in [4.69, 9.17) is 9.47 Å². The van der Waals surface area contributed by atoms with Crippen molar-refractivity contribution in [1.29, 1.82) is 0 Å². The Morgan fingerprint density at radius 1 is 1.13 bits per heavy atom. The topological polar surface area (TPSA) is 79.3 Å². The van der Waals surface area contributed by atoms with Gasteiger partial charge in [-0.05, 0) is 81.0 Å². The molecule has 2 saturated heterocycles. The molecule has 2 fully saturated rings. The zero-order valence-corrected chi connectivity index (χ0v) is 23.2. The highest BCUT2D eigenvalue weighted by atomic mass is 16.5. The summed E-state index contributed by atoms with van der Waals surface area (Å²) in [6.45, 7) is 13.6. The number of nitrogens with zero attached hydrogens (tertiary/aromatic N) is 2. The number of hydrogen-bond donors (Lipinski definition) is 1. The SMILES string of the molecule is CCN(CC)c1ccc(C2/C(=C(/O)c3ccc(OCC(C)C)c(C)c3)C(=O)C(=O)N2CC2CCCO2)cc1. The summed E-state index contributed by atoms with van der Waals surface area (Å²) in [5.41, 5.74) is 3.30. The van der Waals surface area contributed by atoms with E-state index in [-0.39, 0.29) is 17.4 Å². The van der Waals surface area contributed by atoms with E-state index < -0.39 is 17.7 Å². The molecule has 2 unspecified atom stereocenters. The van der Waals surface area contributed by atoms with Crippen LogP contribution < -0.4 is 9.64 Å². The lowest BCUT2D eigenvalue weighted by Crippen LogP contribution is -2.36. The third-order valence-corrected chi connectivity index (χ3v) is 7.32. The molecule has 204 valence electrons. The lowest BCUT2D eigenvalue weighted by molar-refractivity contribution is -0.140. The zero-order valence-electron chi connectivity index (χ0n) is 23.2. The van der Waals surface area contributed by atoms with E-state index in [2.05, 4.69) is 32.6 Å². The van der Waals surface area contributed by atoms with E-state index in [9.17, 15) is 14.7 Å². The predicted octanol–water partition coefficient (Wildman–Crippen LogP) is 5.48. The Morgan fingerprint density at radius 3 is 2.42 bits per heavy atom.